The van der Waals surface area contributed by atoms with E-state index in [0.717, 1.165) is 11.3 Å². The molecule has 0 aliphatic heterocycles. The average molecular weight is 202 g/mol. The van der Waals surface area contributed by atoms with Gasteiger partial charge in [0.1, 0.15) is 5.65 Å². The first-order valence-corrected chi connectivity index (χ1v) is 5.08. The number of rotatable bonds is 1. The molecule has 0 aliphatic carbocycles. The molecule has 2 aromatic rings. The van der Waals surface area contributed by atoms with Crippen molar-refractivity contribution in [2.75, 3.05) is 0 Å². The van der Waals surface area contributed by atoms with Crippen molar-refractivity contribution >= 4 is 11.0 Å². The molecule has 0 aromatic carbocycles. The van der Waals surface area contributed by atoms with Crippen LogP contribution < -0.4 is 5.43 Å². The fourth-order valence-electron chi connectivity index (χ4n) is 1.94. The third-order valence-corrected chi connectivity index (χ3v) is 2.52. The Morgan fingerprint density at radius 1 is 1.40 bits per heavy atom. The summed E-state index contributed by atoms with van der Waals surface area (Å²) in [5.41, 5.74) is 1.78. The lowest BCUT2D eigenvalue weighted by atomic mass is 10.2. The molecular formula is C12H14N2O. The molecule has 0 radical (unpaired) electrons. The fourth-order valence-corrected chi connectivity index (χ4v) is 1.94. The summed E-state index contributed by atoms with van der Waals surface area (Å²) >= 11 is 0. The van der Waals surface area contributed by atoms with E-state index in [9.17, 15) is 4.79 Å². The Balaban J connectivity index is 2.96. The molecule has 0 bridgehead atoms. The molecule has 0 spiro atoms. The highest BCUT2D eigenvalue weighted by molar-refractivity contribution is 5.75. The molecule has 3 heteroatoms. The molecular weight excluding hydrogens is 188 g/mol. The van der Waals surface area contributed by atoms with E-state index in [1.807, 2.05) is 13.0 Å². The third kappa shape index (κ3) is 1.54. The van der Waals surface area contributed by atoms with Crippen LogP contribution in [0.2, 0.25) is 0 Å². The predicted octanol–water partition coefficient (Wildman–Crippen LogP) is 2.29. The van der Waals surface area contributed by atoms with Gasteiger partial charge in [0.2, 0.25) is 0 Å². The van der Waals surface area contributed by atoms with E-state index < -0.39 is 0 Å². The van der Waals surface area contributed by atoms with Crippen molar-refractivity contribution in [2.45, 2.75) is 26.8 Å². The van der Waals surface area contributed by atoms with Crippen LogP contribution in [-0.2, 0) is 0 Å². The lowest BCUT2D eigenvalue weighted by molar-refractivity contribution is 0.596. The van der Waals surface area contributed by atoms with Crippen LogP contribution in [0.5, 0.6) is 0 Å². The van der Waals surface area contributed by atoms with E-state index in [1.165, 1.54) is 0 Å². The summed E-state index contributed by atoms with van der Waals surface area (Å²) in [7, 11) is 0. The van der Waals surface area contributed by atoms with Gasteiger partial charge in [-0.1, -0.05) is 0 Å². The SMILES string of the molecule is Cc1cc(=O)c2cccnc2n1C(C)C. The Morgan fingerprint density at radius 2 is 2.13 bits per heavy atom. The second kappa shape index (κ2) is 3.50. The lowest BCUT2D eigenvalue weighted by Gasteiger charge is -2.16. The summed E-state index contributed by atoms with van der Waals surface area (Å²) in [4.78, 5) is 16.0. The molecule has 0 saturated heterocycles. The van der Waals surface area contributed by atoms with Crippen molar-refractivity contribution < 1.29 is 0 Å². The topological polar surface area (TPSA) is 34.9 Å². The number of fused-ring (bicyclic) bond motifs is 1. The van der Waals surface area contributed by atoms with E-state index in [4.69, 9.17) is 0 Å². The van der Waals surface area contributed by atoms with Gasteiger partial charge in [-0.3, -0.25) is 4.79 Å². The molecule has 0 amide bonds. The number of hydrogen-bond donors (Lipinski definition) is 0. The largest absolute Gasteiger partial charge is 0.327 e. The van der Waals surface area contributed by atoms with Crippen molar-refractivity contribution in [3.63, 3.8) is 0 Å². The van der Waals surface area contributed by atoms with Crippen LogP contribution in [0.25, 0.3) is 11.0 Å². The van der Waals surface area contributed by atoms with Crippen molar-refractivity contribution in [1.82, 2.24) is 9.55 Å². The molecule has 15 heavy (non-hydrogen) atoms. The van der Waals surface area contributed by atoms with Crippen LogP contribution in [0.4, 0.5) is 0 Å². The number of aryl methyl sites for hydroxylation is 1. The van der Waals surface area contributed by atoms with Gasteiger partial charge in [-0.25, -0.2) is 4.98 Å². The highest BCUT2D eigenvalue weighted by Crippen LogP contribution is 2.15. The van der Waals surface area contributed by atoms with E-state index in [1.54, 1.807) is 18.3 Å². The highest BCUT2D eigenvalue weighted by atomic mass is 16.1. The number of nitrogens with zero attached hydrogens (tertiary/aromatic N) is 2. The van der Waals surface area contributed by atoms with Gasteiger partial charge in [-0.15, -0.1) is 0 Å². The van der Waals surface area contributed by atoms with Gasteiger partial charge in [0, 0.05) is 24.0 Å². The summed E-state index contributed by atoms with van der Waals surface area (Å²) in [6, 6.07) is 5.60. The second-order valence-electron chi connectivity index (χ2n) is 3.99. The normalized spacial score (nSPS) is 11.2. The van der Waals surface area contributed by atoms with E-state index >= 15 is 0 Å². The molecule has 0 N–H and O–H groups in total. The molecule has 0 atom stereocenters. The minimum atomic E-state index is 0.0486. The Kier molecular flexibility index (Phi) is 2.31. The minimum Gasteiger partial charge on any atom is -0.327 e. The standard InChI is InChI=1S/C12H14N2O/c1-8(2)14-9(3)7-11(15)10-5-4-6-13-12(10)14/h4-8H,1-3H3. The summed E-state index contributed by atoms with van der Waals surface area (Å²) in [5, 5.41) is 0.691. The zero-order valence-corrected chi connectivity index (χ0v) is 9.19. The van der Waals surface area contributed by atoms with Gasteiger partial charge >= 0.3 is 0 Å². The van der Waals surface area contributed by atoms with Crippen LogP contribution in [-0.4, -0.2) is 9.55 Å². The van der Waals surface area contributed by atoms with Gasteiger partial charge in [-0.05, 0) is 32.9 Å². The van der Waals surface area contributed by atoms with E-state index in [0.29, 0.717) is 11.4 Å². The molecule has 0 fully saturated rings. The number of hydrogen-bond acceptors (Lipinski definition) is 2. The minimum absolute atomic E-state index is 0.0486. The maximum atomic E-state index is 11.7. The van der Waals surface area contributed by atoms with Gasteiger partial charge in [-0.2, -0.15) is 0 Å². The highest BCUT2D eigenvalue weighted by Gasteiger charge is 2.08. The molecule has 0 unspecified atom stereocenters. The van der Waals surface area contributed by atoms with Gasteiger partial charge < -0.3 is 4.57 Å². The Morgan fingerprint density at radius 3 is 2.80 bits per heavy atom. The first-order valence-electron chi connectivity index (χ1n) is 5.08. The molecule has 0 saturated carbocycles. The molecule has 3 nitrogen and oxygen atoms in total. The van der Waals surface area contributed by atoms with Gasteiger partial charge in [0.05, 0.1) is 5.39 Å². The quantitative estimate of drug-likeness (QED) is 0.711. The van der Waals surface area contributed by atoms with Crippen LogP contribution in [0.1, 0.15) is 25.6 Å². The van der Waals surface area contributed by atoms with E-state index in [-0.39, 0.29) is 5.43 Å². The van der Waals surface area contributed by atoms with Gasteiger partial charge in [0.15, 0.2) is 5.43 Å². The first-order chi connectivity index (χ1) is 7.11. The lowest BCUT2D eigenvalue weighted by Crippen LogP contribution is -2.14. The van der Waals surface area contributed by atoms with E-state index in [2.05, 4.69) is 23.4 Å². The van der Waals surface area contributed by atoms with Crippen molar-refractivity contribution in [2.24, 2.45) is 0 Å². The molecule has 78 valence electrons. The number of pyridine rings is 2. The molecule has 0 aliphatic rings. The van der Waals surface area contributed by atoms with Gasteiger partial charge in [0.25, 0.3) is 0 Å². The zero-order valence-electron chi connectivity index (χ0n) is 9.19. The molecule has 2 aromatic heterocycles. The summed E-state index contributed by atoms with van der Waals surface area (Å²) in [6.45, 7) is 6.12. The molecule has 2 heterocycles. The van der Waals surface area contributed by atoms with Crippen molar-refractivity contribution in [3.8, 4) is 0 Å². The van der Waals surface area contributed by atoms with Crippen molar-refractivity contribution in [3.05, 3.63) is 40.3 Å². The third-order valence-electron chi connectivity index (χ3n) is 2.52. The summed E-state index contributed by atoms with van der Waals surface area (Å²) in [6.07, 6.45) is 1.72. The first kappa shape index (κ1) is 9.90. The second-order valence-corrected chi connectivity index (χ2v) is 3.99. The maximum absolute atomic E-state index is 11.7. The van der Waals surface area contributed by atoms with Crippen LogP contribution in [0.3, 0.4) is 0 Å². The maximum Gasteiger partial charge on any atom is 0.191 e. The monoisotopic (exact) mass is 202 g/mol. The van der Waals surface area contributed by atoms with Crippen LogP contribution >= 0.6 is 0 Å². The molecule has 2 rings (SSSR count). The Bertz CT molecular complexity index is 555. The Labute approximate surface area is 88.4 Å². The summed E-state index contributed by atoms with van der Waals surface area (Å²) in [5.74, 6) is 0. The predicted molar refractivity (Wildman–Crippen MR) is 61.1 cm³/mol. The number of aromatic nitrogens is 2. The zero-order chi connectivity index (χ0) is 11.0. The van der Waals surface area contributed by atoms with Crippen molar-refractivity contribution in [1.29, 1.82) is 0 Å². The van der Waals surface area contributed by atoms with Crippen LogP contribution in [0.15, 0.2) is 29.2 Å². The van der Waals surface area contributed by atoms with Crippen LogP contribution in [0, 0.1) is 6.92 Å². The Hall–Kier alpha value is -1.64. The summed E-state index contributed by atoms with van der Waals surface area (Å²) < 4.78 is 2.08. The average Bonchev–Trinajstić information content (AvgIpc) is 2.17. The fraction of sp³-hybridized carbons (Fsp3) is 0.333. The smallest absolute Gasteiger partial charge is 0.191 e.